The number of amides is 1. The first-order chi connectivity index (χ1) is 14.7. The molecular formula is C23H19FN4O2. The predicted octanol–water partition coefficient (Wildman–Crippen LogP) is 3.67. The Morgan fingerprint density at radius 2 is 1.67 bits per heavy atom. The lowest BCUT2D eigenvalue weighted by Gasteiger charge is -2.26. The maximum absolute atomic E-state index is 13.5. The standard InChI is InChI=1S/C23H19FN4O2/c24-19-4-1-17(2-5-19)22-21(16-7-9-25-10-8-16)20-6-3-18(15-28(20)26-22)23(29)27-11-13-30-14-12-27/h1-10,15H,11-14H2. The summed E-state index contributed by atoms with van der Waals surface area (Å²) in [6.45, 7) is 2.27. The molecule has 0 aliphatic carbocycles. The van der Waals surface area contributed by atoms with Gasteiger partial charge in [-0.3, -0.25) is 9.78 Å². The van der Waals surface area contributed by atoms with Gasteiger partial charge in [0.25, 0.3) is 5.91 Å². The molecule has 0 saturated carbocycles. The van der Waals surface area contributed by atoms with Crippen LogP contribution in [0.15, 0.2) is 67.1 Å². The zero-order valence-corrected chi connectivity index (χ0v) is 16.2. The van der Waals surface area contributed by atoms with E-state index in [9.17, 15) is 9.18 Å². The third-order valence-electron chi connectivity index (χ3n) is 5.26. The van der Waals surface area contributed by atoms with Crippen LogP contribution in [0.4, 0.5) is 4.39 Å². The quantitative estimate of drug-likeness (QED) is 0.525. The van der Waals surface area contributed by atoms with Crippen LogP contribution in [0, 0.1) is 5.82 Å². The van der Waals surface area contributed by atoms with Crippen LogP contribution in [-0.4, -0.2) is 51.7 Å². The summed E-state index contributed by atoms with van der Waals surface area (Å²) in [6, 6.07) is 13.8. The number of fused-ring (bicyclic) bond motifs is 1. The first-order valence-corrected chi connectivity index (χ1v) is 9.76. The fourth-order valence-corrected chi connectivity index (χ4v) is 3.74. The largest absolute Gasteiger partial charge is 0.378 e. The van der Waals surface area contributed by atoms with Crippen molar-refractivity contribution in [2.45, 2.75) is 0 Å². The SMILES string of the molecule is O=C(c1ccc2c(-c3ccncc3)c(-c3ccc(F)cc3)nn2c1)N1CCOCC1. The summed E-state index contributed by atoms with van der Waals surface area (Å²) >= 11 is 0. The van der Waals surface area contributed by atoms with Gasteiger partial charge in [-0.25, -0.2) is 8.91 Å². The second-order valence-electron chi connectivity index (χ2n) is 7.12. The van der Waals surface area contributed by atoms with Crippen molar-refractivity contribution >= 4 is 11.4 Å². The highest BCUT2D eigenvalue weighted by atomic mass is 19.1. The second kappa shape index (κ2) is 7.68. The van der Waals surface area contributed by atoms with Crippen LogP contribution in [0.3, 0.4) is 0 Å². The molecule has 1 aliphatic heterocycles. The molecule has 0 N–H and O–H groups in total. The highest BCUT2D eigenvalue weighted by Crippen LogP contribution is 2.35. The van der Waals surface area contributed by atoms with Crippen LogP contribution >= 0.6 is 0 Å². The van der Waals surface area contributed by atoms with Gasteiger partial charge in [-0.1, -0.05) is 0 Å². The maximum atomic E-state index is 13.5. The van der Waals surface area contributed by atoms with E-state index in [4.69, 9.17) is 9.84 Å². The van der Waals surface area contributed by atoms with E-state index in [1.165, 1.54) is 12.1 Å². The van der Waals surface area contributed by atoms with E-state index in [1.54, 1.807) is 40.1 Å². The van der Waals surface area contributed by atoms with Crippen LogP contribution in [0.1, 0.15) is 10.4 Å². The minimum absolute atomic E-state index is 0.0375. The lowest BCUT2D eigenvalue weighted by atomic mass is 10.0. The van der Waals surface area contributed by atoms with Gasteiger partial charge in [-0.2, -0.15) is 5.10 Å². The van der Waals surface area contributed by atoms with Gasteiger partial charge in [0.2, 0.25) is 0 Å². The first kappa shape index (κ1) is 18.4. The Morgan fingerprint density at radius 1 is 0.933 bits per heavy atom. The summed E-state index contributed by atoms with van der Waals surface area (Å²) in [5.41, 5.74) is 4.81. The number of nitrogens with zero attached hydrogens (tertiary/aromatic N) is 4. The Kier molecular flexibility index (Phi) is 4.72. The number of carbonyl (C=O) groups excluding carboxylic acids is 1. The van der Waals surface area contributed by atoms with Gasteiger partial charge < -0.3 is 9.64 Å². The number of ether oxygens (including phenoxy) is 1. The molecule has 1 saturated heterocycles. The number of pyridine rings is 2. The van der Waals surface area contributed by atoms with Crippen LogP contribution in [0.5, 0.6) is 0 Å². The average molecular weight is 402 g/mol. The molecule has 5 rings (SSSR count). The van der Waals surface area contributed by atoms with Crippen molar-refractivity contribution in [1.29, 1.82) is 0 Å². The van der Waals surface area contributed by atoms with Crippen molar-refractivity contribution in [3.05, 3.63) is 78.5 Å². The summed E-state index contributed by atoms with van der Waals surface area (Å²) in [4.78, 5) is 18.8. The fraction of sp³-hybridized carbons (Fsp3) is 0.174. The molecule has 0 spiro atoms. The van der Waals surface area contributed by atoms with Crippen molar-refractivity contribution < 1.29 is 13.9 Å². The summed E-state index contributed by atoms with van der Waals surface area (Å²) < 4.78 is 20.5. The molecule has 3 aromatic heterocycles. The van der Waals surface area contributed by atoms with Crippen LogP contribution in [-0.2, 0) is 4.74 Å². The molecule has 1 fully saturated rings. The van der Waals surface area contributed by atoms with E-state index >= 15 is 0 Å². The molecule has 1 aromatic carbocycles. The van der Waals surface area contributed by atoms with E-state index in [0.717, 1.165) is 27.9 Å². The summed E-state index contributed by atoms with van der Waals surface area (Å²) in [6.07, 6.45) is 5.21. The van der Waals surface area contributed by atoms with Crippen LogP contribution in [0.2, 0.25) is 0 Å². The Balaban J connectivity index is 1.64. The van der Waals surface area contributed by atoms with E-state index < -0.39 is 0 Å². The van der Waals surface area contributed by atoms with Gasteiger partial charge >= 0.3 is 0 Å². The molecule has 0 atom stereocenters. The Labute approximate surface area is 172 Å². The highest BCUT2D eigenvalue weighted by Gasteiger charge is 2.21. The molecule has 150 valence electrons. The summed E-state index contributed by atoms with van der Waals surface area (Å²) in [7, 11) is 0. The molecule has 0 bridgehead atoms. The van der Waals surface area contributed by atoms with E-state index in [-0.39, 0.29) is 11.7 Å². The van der Waals surface area contributed by atoms with Gasteiger partial charge in [0.05, 0.1) is 24.3 Å². The third kappa shape index (κ3) is 3.33. The topological polar surface area (TPSA) is 59.7 Å². The number of benzene rings is 1. The minimum Gasteiger partial charge on any atom is -0.378 e. The molecular weight excluding hydrogens is 383 g/mol. The second-order valence-corrected chi connectivity index (χ2v) is 7.12. The zero-order valence-electron chi connectivity index (χ0n) is 16.2. The van der Waals surface area contributed by atoms with Gasteiger partial charge in [0.15, 0.2) is 0 Å². The van der Waals surface area contributed by atoms with Gasteiger partial charge in [-0.05, 0) is 54.1 Å². The summed E-state index contributed by atoms with van der Waals surface area (Å²) in [5.74, 6) is -0.337. The van der Waals surface area contributed by atoms with Gasteiger partial charge in [-0.15, -0.1) is 0 Å². The smallest absolute Gasteiger partial charge is 0.255 e. The number of halogens is 1. The zero-order chi connectivity index (χ0) is 20.5. The van der Waals surface area contributed by atoms with E-state index in [2.05, 4.69) is 4.98 Å². The predicted molar refractivity (Wildman–Crippen MR) is 111 cm³/mol. The minimum atomic E-state index is -0.300. The molecule has 4 heterocycles. The lowest BCUT2D eigenvalue weighted by Crippen LogP contribution is -2.40. The Hall–Kier alpha value is -3.58. The van der Waals surface area contributed by atoms with Crippen molar-refractivity contribution in [2.24, 2.45) is 0 Å². The molecule has 6 nitrogen and oxygen atoms in total. The van der Waals surface area contributed by atoms with Gasteiger partial charge in [0.1, 0.15) is 11.5 Å². The van der Waals surface area contributed by atoms with Crippen LogP contribution < -0.4 is 0 Å². The Morgan fingerprint density at radius 3 is 2.40 bits per heavy atom. The highest BCUT2D eigenvalue weighted by molar-refractivity contribution is 5.96. The monoisotopic (exact) mass is 402 g/mol. The molecule has 0 unspecified atom stereocenters. The molecule has 30 heavy (non-hydrogen) atoms. The average Bonchev–Trinajstić information content (AvgIpc) is 3.19. The molecule has 1 aliphatic rings. The third-order valence-corrected chi connectivity index (χ3v) is 5.26. The number of carbonyl (C=O) groups is 1. The van der Waals surface area contributed by atoms with Crippen LogP contribution in [0.25, 0.3) is 27.9 Å². The molecule has 7 heteroatoms. The molecule has 1 amide bonds. The number of rotatable bonds is 3. The normalized spacial score (nSPS) is 14.2. The number of morpholine rings is 1. The van der Waals surface area contributed by atoms with E-state index in [1.807, 2.05) is 24.3 Å². The molecule has 0 radical (unpaired) electrons. The summed E-state index contributed by atoms with van der Waals surface area (Å²) in [5, 5.41) is 4.76. The molecule has 4 aromatic rings. The van der Waals surface area contributed by atoms with Crippen molar-refractivity contribution in [2.75, 3.05) is 26.3 Å². The number of hydrogen-bond acceptors (Lipinski definition) is 4. The first-order valence-electron chi connectivity index (χ1n) is 9.76. The lowest BCUT2D eigenvalue weighted by molar-refractivity contribution is 0.0302. The Bertz CT molecular complexity index is 1200. The fourth-order valence-electron chi connectivity index (χ4n) is 3.74. The van der Waals surface area contributed by atoms with E-state index in [0.29, 0.717) is 31.9 Å². The number of aromatic nitrogens is 3. The van der Waals surface area contributed by atoms with Crippen molar-refractivity contribution in [1.82, 2.24) is 19.5 Å². The van der Waals surface area contributed by atoms with Crippen molar-refractivity contribution in [3.63, 3.8) is 0 Å². The maximum Gasteiger partial charge on any atom is 0.255 e. The van der Waals surface area contributed by atoms with Gasteiger partial charge in [0, 0.05) is 42.8 Å². The number of hydrogen-bond donors (Lipinski definition) is 0. The van der Waals surface area contributed by atoms with Crippen molar-refractivity contribution in [3.8, 4) is 22.4 Å².